The molecule has 0 radical (unpaired) electrons. The van der Waals surface area contributed by atoms with Crippen LogP contribution in [0.1, 0.15) is 31.7 Å². The zero-order valence-corrected chi connectivity index (χ0v) is 19.5. The Labute approximate surface area is 194 Å². The lowest BCUT2D eigenvalue weighted by Gasteiger charge is -2.25. The van der Waals surface area contributed by atoms with E-state index in [0.717, 1.165) is 18.7 Å². The van der Waals surface area contributed by atoms with E-state index in [1.807, 2.05) is 36.0 Å². The van der Waals surface area contributed by atoms with Crippen LogP contribution < -0.4 is 10.6 Å². The Bertz CT molecular complexity index is 820. The molecule has 2 N–H and O–H groups in total. The molecule has 0 atom stereocenters. The van der Waals surface area contributed by atoms with Gasteiger partial charge in [0, 0.05) is 51.4 Å². The number of imide groups is 1. The number of likely N-dealkylation sites (tertiary alicyclic amines) is 1. The third-order valence-electron chi connectivity index (χ3n) is 4.73. The second-order valence-electron chi connectivity index (χ2n) is 6.85. The number of amides is 2. The molecule has 2 heterocycles. The van der Waals surface area contributed by atoms with Crippen LogP contribution in [0.25, 0.3) is 5.69 Å². The molecule has 0 spiro atoms. The van der Waals surface area contributed by atoms with E-state index in [1.54, 1.807) is 6.20 Å². The van der Waals surface area contributed by atoms with Crippen LogP contribution in [0.15, 0.2) is 47.7 Å². The molecule has 1 fully saturated rings. The minimum atomic E-state index is -0.0800. The van der Waals surface area contributed by atoms with Gasteiger partial charge in [-0.1, -0.05) is 12.1 Å². The number of nitrogens with zero attached hydrogens (tertiary/aromatic N) is 4. The lowest BCUT2D eigenvalue weighted by atomic mass is 10.1. The molecule has 0 saturated carbocycles. The summed E-state index contributed by atoms with van der Waals surface area (Å²) < 4.78 is 1.83. The number of hydrogen-bond acceptors (Lipinski definition) is 4. The molecule has 1 aliphatic heterocycles. The average Bonchev–Trinajstić information content (AvgIpc) is 3.25. The van der Waals surface area contributed by atoms with Crippen LogP contribution in [0.4, 0.5) is 0 Å². The number of aromatic nitrogens is 2. The van der Waals surface area contributed by atoms with Gasteiger partial charge < -0.3 is 10.6 Å². The number of halogens is 1. The Balaban J connectivity index is 0.00000320. The molecule has 0 unspecified atom stereocenters. The Kier molecular flexibility index (Phi) is 9.78. The summed E-state index contributed by atoms with van der Waals surface area (Å²) in [6.45, 7) is 4.24. The molecule has 2 amide bonds. The molecule has 9 heteroatoms. The maximum absolute atomic E-state index is 11.9. The number of piperidine rings is 1. The second kappa shape index (κ2) is 12.3. The third kappa shape index (κ3) is 6.82. The largest absolute Gasteiger partial charge is 0.357 e. The molecule has 0 aliphatic carbocycles. The number of carbonyl (C=O) groups excluding carboxylic acids is 2. The normalized spacial score (nSPS) is 14.4. The first-order chi connectivity index (χ1) is 14.2. The summed E-state index contributed by atoms with van der Waals surface area (Å²) in [6, 6.07) is 10.2. The summed E-state index contributed by atoms with van der Waals surface area (Å²) in [5, 5.41) is 10.6. The fourth-order valence-electron chi connectivity index (χ4n) is 3.21. The minimum absolute atomic E-state index is 0. The highest BCUT2D eigenvalue weighted by Crippen LogP contribution is 2.11. The van der Waals surface area contributed by atoms with Gasteiger partial charge in [0.1, 0.15) is 0 Å². The Morgan fingerprint density at radius 1 is 1.13 bits per heavy atom. The van der Waals surface area contributed by atoms with Gasteiger partial charge >= 0.3 is 0 Å². The number of hydrogen-bond donors (Lipinski definition) is 2. The van der Waals surface area contributed by atoms with Crippen molar-refractivity contribution in [3.8, 4) is 5.69 Å². The number of aliphatic imine (C=N–C) groups is 1. The number of carbonyl (C=O) groups is 2. The first-order valence-corrected chi connectivity index (χ1v) is 10.1. The highest BCUT2D eigenvalue weighted by Gasteiger charge is 2.25. The van der Waals surface area contributed by atoms with Gasteiger partial charge in [0.15, 0.2) is 5.96 Å². The first kappa shape index (κ1) is 23.8. The van der Waals surface area contributed by atoms with Crippen molar-refractivity contribution in [1.82, 2.24) is 25.3 Å². The van der Waals surface area contributed by atoms with Gasteiger partial charge in [-0.15, -0.1) is 24.0 Å². The van der Waals surface area contributed by atoms with E-state index in [1.165, 1.54) is 10.5 Å². The van der Waals surface area contributed by atoms with Crippen LogP contribution in [0, 0.1) is 0 Å². The summed E-state index contributed by atoms with van der Waals surface area (Å²) in [4.78, 5) is 29.7. The highest BCUT2D eigenvalue weighted by molar-refractivity contribution is 14.0. The van der Waals surface area contributed by atoms with Crippen LogP contribution in [-0.4, -0.2) is 58.6 Å². The predicted octanol–water partition coefficient (Wildman–Crippen LogP) is 2.13. The summed E-state index contributed by atoms with van der Waals surface area (Å²) in [6.07, 6.45) is 6.07. The maximum Gasteiger partial charge on any atom is 0.229 e. The Hall–Kier alpha value is -2.43. The molecule has 162 valence electrons. The van der Waals surface area contributed by atoms with Gasteiger partial charge in [-0.05, 0) is 43.5 Å². The smallest absolute Gasteiger partial charge is 0.229 e. The summed E-state index contributed by atoms with van der Waals surface area (Å²) >= 11 is 0. The number of rotatable bonds is 8. The molecule has 2 aromatic rings. The quantitative estimate of drug-likeness (QED) is 0.239. The molecule has 1 aliphatic rings. The molecule has 0 bridgehead atoms. The van der Waals surface area contributed by atoms with E-state index in [2.05, 4.69) is 32.9 Å². The van der Waals surface area contributed by atoms with Crippen LogP contribution in [-0.2, 0) is 16.0 Å². The summed E-state index contributed by atoms with van der Waals surface area (Å²) in [5.74, 6) is 0.532. The van der Waals surface area contributed by atoms with Crippen LogP contribution in [0.2, 0.25) is 0 Å². The molecule has 1 aromatic carbocycles. The van der Waals surface area contributed by atoms with E-state index < -0.39 is 0 Å². The SMILES string of the molecule is CCNC(=NCCc1ccc(-n2cccn2)cc1)NCCN1C(=O)CCCC1=O.I. The maximum atomic E-state index is 11.9. The Morgan fingerprint density at radius 3 is 2.50 bits per heavy atom. The second-order valence-corrected chi connectivity index (χ2v) is 6.85. The number of guanidine groups is 1. The van der Waals surface area contributed by atoms with Gasteiger partial charge in [0.2, 0.25) is 11.8 Å². The van der Waals surface area contributed by atoms with E-state index in [-0.39, 0.29) is 35.8 Å². The molecular weight excluding hydrogens is 495 g/mol. The topological polar surface area (TPSA) is 91.6 Å². The molecule has 1 saturated heterocycles. The lowest BCUT2D eigenvalue weighted by molar-refractivity contribution is -0.147. The highest BCUT2D eigenvalue weighted by atomic mass is 127. The molecule has 8 nitrogen and oxygen atoms in total. The minimum Gasteiger partial charge on any atom is -0.357 e. The van der Waals surface area contributed by atoms with Gasteiger partial charge in [-0.2, -0.15) is 5.10 Å². The molecule has 30 heavy (non-hydrogen) atoms. The van der Waals surface area contributed by atoms with E-state index >= 15 is 0 Å². The zero-order chi connectivity index (χ0) is 20.5. The van der Waals surface area contributed by atoms with Gasteiger partial charge in [0.25, 0.3) is 0 Å². The number of benzene rings is 1. The van der Waals surface area contributed by atoms with Crippen molar-refractivity contribution in [2.45, 2.75) is 32.6 Å². The third-order valence-corrected chi connectivity index (χ3v) is 4.73. The van der Waals surface area contributed by atoms with Crippen molar-refractivity contribution in [2.75, 3.05) is 26.2 Å². The monoisotopic (exact) mass is 524 g/mol. The predicted molar refractivity (Wildman–Crippen MR) is 127 cm³/mol. The van der Waals surface area contributed by atoms with Crippen molar-refractivity contribution in [2.24, 2.45) is 4.99 Å². The van der Waals surface area contributed by atoms with Crippen molar-refractivity contribution < 1.29 is 9.59 Å². The van der Waals surface area contributed by atoms with Crippen molar-refractivity contribution >= 4 is 41.8 Å². The summed E-state index contributed by atoms with van der Waals surface area (Å²) in [5.41, 5.74) is 2.23. The molecule has 1 aromatic heterocycles. The van der Waals surface area contributed by atoms with Gasteiger partial charge in [0.05, 0.1) is 5.69 Å². The van der Waals surface area contributed by atoms with E-state index in [0.29, 0.717) is 44.9 Å². The first-order valence-electron chi connectivity index (χ1n) is 10.1. The van der Waals surface area contributed by atoms with Crippen LogP contribution >= 0.6 is 24.0 Å². The van der Waals surface area contributed by atoms with Gasteiger partial charge in [-0.3, -0.25) is 19.5 Å². The average molecular weight is 524 g/mol. The van der Waals surface area contributed by atoms with Crippen molar-refractivity contribution in [1.29, 1.82) is 0 Å². The van der Waals surface area contributed by atoms with Crippen LogP contribution in [0.3, 0.4) is 0 Å². The zero-order valence-electron chi connectivity index (χ0n) is 17.2. The van der Waals surface area contributed by atoms with Gasteiger partial charge in [-0.25, -0.2) is 4.68 Å². The fraction of sp³-hybridized carbons (Fsp3) is 0.429. The van der Waals surface area contributed by atoms with E-state index in [4.69, 9.17) is 0 Å². The molecule has 3 rings (SSSR count). The van der Waals surface area contributed by atoms with Crippen LogP contribution in [0.5, 0.6) is 0 Å². The van der Waals surface area contributed by atoms with E-state index in [9.17, 15) is 9.59 Å². The molecular formula is C21H29IN6O2. The van der Waals surface area contributed by atoms with Crippen molar-refractivity contribution in [3.05, 3.63) is 48.3 Å². The fourth-order valence-corrected chi connectivity index (χ4v) is 3.21. The summed E-state index contributed by atoms with van der Waals surface area (Å²) in [7, 11) is 0. The standard InChI is InChI=1S/C21H28N6O2.HI/c1-2-22-21(24-14-16-26-19(28)5-3-6-20(26)29)23-13-11-17-7-9-18(10-8-17)27-15-4-12-25-27;/h4,7-10,12,15H,2-3,5-6,11,13-14,16H2,1H3,(H2,22,23,24);1H. The lowest BCUT2D eigenvalue weighted by Crippen LogP contribution is -2.46. The Morgan fingerprint density at radius 2 is 1.87 bits per heavy atom. The van der Waals surface area contributed by atoms with Crippen molar-refractivity contribution in [3.63, 3.8) is 0 Å². The number of nitrogens with one attached hydrogen (secondary N) is 2.